The molecular formula is C8H11NOS. The summed E-state index contributed by atoms with van der Waals surface area (Å²) in [7, 11) is 0. The maximum atomic E-state index is 5.00. The molecule has 0 N–H and O–H groups in total. The first-order chi connectivity index (χ1) is 5.34. The quantitative estimate of drug-likeness (QED) is 0.355. The van der Waals surface area contributed by atoms with Gasteiger partial charge in [0, 0.05) is 5.25 Å². The van der Waals surface area contributed by atoms with Gasteiger partial charge in [-0.1, -0.05) is 11.1 Å². The number of rotatable bonds is 2. The van der Waals surface area contributed by atoms with Crippen LogP contribution in [0.5, 0.6) is 0 Å². The minimum atomic E-state index is 0.279. The molecule has 0 spiro atoms. The molecule has 0 bridgehead atoms. The molecule has 0 amide bonds. The number of thioether (sulfide) groups is 1. The molecule has 1 heterocycles. The van der Waals surface area contributed by atoms with E-state index in [1.807, 2.05) is 11.8 Å². The number of nitrogens with zero attached hydrogens (tertiary/aromatic N) is 1. The van der Waals surface area contributed by atoms with E-state index in [0.29, 0.717) is 5.25 Å². The van der Waals surface area contributed by atoms with E-state index in [4.69, 9.17) is 11.3 Å². The van der Waals surface area contributed by atoms with Crippen LogP contribution >= 0.6 is 11.8 Å². The summed E-state index contributed by atoms with van der Waals surface area (Å²) in [5.41, 5.74) is 1.13. The van der Waals surface area contributed by atoms with Crippen LogP contribution in [0.3, 0.4) is 0 Å². The summed E-state index contributed by atoms with van der Waals surface area (Å²) in [5.74, 6) is 3.52. The Labute approximate surface area is 71.4 Å². The van der Waals surface area contributed by atoms with Crippen LogP contribution in [0, 0.1) is 12.3 Å². The van der Waals surface area contributed by atoms with Gasteiger partial charge in [-0.3, -0.25) is 0 Å². The lowest BCUT2D eigenvalue weighted by Gasteiger charge is -2.00. The Balaban J connectivity index is 2.34. The number of hydrogen-bond acceptors (Lipinski definition) is 3. The molecule has 60 valence electrons. The van der Waals surface area contributed by atoms with E-state index in [2.05, 4.69) is 18.0 Å². The molecule has 1 atom stereocenters. The van der Waals surface area contributed by atoms with Crippen molar-refractivity contribution < 1.29 is 4.84 Å². The molecule has 2 nitrogen and oxygen atoms in total. The summed E-state index contributed by atoms with van der Waals surface area (Å²) in [6, 6.07) is 0. The van der Waals surface area contributed by atoms with E-state index < -0.39 is 0 Å². The fraction of sp³-hybridized carbons (Fsp3) is 0.625. The molecule has 1 saturated heterocycles. The highest BCUT2D eigenvalue weighted by atomic mass is 32.2. The lowest BCUT2D eigenvalue weighted by Crippen LogP contribution is -2.06. The Morgan fingerprint density at radius 3 is 3.27 bits per heavy atom. The van der Waals surface area contributed by atoms with Crippen molar-refractivity contribution in [3.63, 3.8) is 0 Å². The van der Waals surface area contributed by atoms with Crippen molar-refractivity contribution in [3.05, 3.63) is 0 Å². The van der Waals surface area contributed by atoms with Gasteiger partial charge in [-0.2, -0.15) is 11.8 Å². The highest BCUT2D eigenvalue weighted by molar-refractivity contribution is 8.01. The maximum Gasteiger partial charge on any atom is 0.177 e. The number of hydrogen-bond donors (Lipinski definition) is 0. The molecule has 0 aromatic carbocycles. The second-order valence-corrected chi connectivity index (χ2v) is 3.77. The molecule has 0 aromatic rings. The van der Waals surface area contributed by atoms with Crippen LogP contribution in [0.2, 0.25) is 0 Å². The molecule has 1 aliphatic rings. The third-order valence-corrected chi connectivity index (χ3v) is 2.74. The molecular weight excluding hydrogens is 158 g/mol. The standard InChI is InChI=1S/C8H11NOS/c1-3-5-10-9-8-4-6-11-7(8)2/h1,7H,4-6H2,2H3/b9-8+. The summed E-state index contributed by atoms with van der Waals surface area (Å²) in [6.45, 7) is 2.41. The summed E-state index contributed by atoms with van der Waals surface area (Å²) >= 11 is 1.90. The maximum absolute atomic E-state index is 5.00. The SMILES string of the molecule is C#CCO/N=C1\CCSC1C. The first-order valence-electron chi connectivity index (χ1n) is 3.58. The second kappa shape index (κ2) is 4.30. The average Bonchev–Trinajstić information content (AvgIpc) is 2.37. The van der Waals surface area contributed by atoms with Crippen molar-refractivity contribution in [1.82, 2.24) is 0 Å². The van der Waals surface area contributed by atoms with Crippen LogP contribution in [0.25, 0.3) is 0 Å². The second-order valence-electron chi connectivity index (χ2n) is 2.32. The van der Waals surface area contributed by atoms with Gasteiger partial charge in [0.2, 0.25) is 0 Å². The van der Waals surface area contributed by atoms with Crippen molar-refractivity contribution in [2.45, 2.75) is 18.6 Å². The summed E-state index contributed by atoms with van der Waals surface area (Å²) in [5, 5.41) is 4.45. The van der Waals surface area contributed by atoms with Gasteiger partial charge in [0.1, 0.15) is 0 Å². The minimum absolute atomic E-state index is 0.279. The largest absolute Gasteiger partial charge is 0.383 e. The zero-order chi connectivity index (χ0) is 8.10. The molecule has 1 rings (SSSR count). The van der Waals surface area contributed by atoms with Gasteiger partial charge in [-0.15, -0.1) is 6.42 Å². The van der Waals surface area contributed by atoms with E-state index in [-0.39, 0.29) is 6.61 Å². The Hall–Kier alpha value is -0.620. The Morgan fingerprint density at radius 2 is 2.73 bits per heavy atom. The summed E-state index contributed by atoms with van der Waals surface area (Å²) in [4.78, 5) is 4.88. The van der Waals surface area contributed by atoms with Crippen LogP contribution < -0.4 is 0 Å². The van der Waals surface area contributed by atoms with E-state index >= 15 is 0 Å². The highest BCUT2D eigenvalue weighted by Gasteiger charge is 2.18. The van der Waals surface area contributed by atoms with Gasteiger partial charge in [0.05, 0.1) is 5.71 Å². The molecule has 1 fully saturated rings. The Morgan fingerprint density at radius 1 is 1.91 bits per heavy atom. The molecule has 1 unspecified atom stereocenters. The summed E-state index contributed by atoms with van der Waals surface area (Å²) < 4.78 is 0. The lowest BCUT2D eigenvalue weighted by molar-refractivity contribution is 0.179. The molecule has 0 saturated carbocycles. The van der Waals surface area contributed by atoms with E-state index in [1.165, 1.54) is 0 Å². The van der Waals surface area contributed by atoms with E-state index in [9.17, 15) is 0 Å². The topological polar surface area (TPSA) is 21.6 Å². The van der Waals surface area contributed by atoms with Crippen molar-refractivity contribution in [1.29, 1.82) is 0 Å². The first kappa shape index (κ1) is 8.48. The zero-order valence-corrected chi connectivity index (χ0v) is 7.36. The van der Waals surface area contributed by atoms with Gasteiger partial charge >= 0.3 is 0 Å². The monoisotopic (exact) mass is 169 g/mol. The molecule has 3 heteroatoms. The fourth-order valence-corrected chi connectivity index (χ4v) is 1.95. The van der Waals surface area contributed by atoms with Gasteiger partial charge in [-0.25, -0.2) is 0 Å². The van der Waals surface area contributed by atoms with Crippen LogP contribution in [-0.4, -0.2) is 23.3 Å². The van der Waals surface area contributed by atoms with Crippen LogP contribution in [0.4, 0.5) is 0 Å². The predicted molar refractivity (Wildman–Crippen MR) is 48.8 cm³/mol. The van der Waals surface area contributed by atoms with Gasteiger partial charge in [0.15, 0.2) is 6.61 Å². The van der Waals surface area contributed by atoms with Crippen molar-refractivity contribution in [2.75, 3.05) is 12.4 Å². The molecule has 0 aliphatic carbocycles. The zero-order valence-electron chi connectivity index (χ0n) is 6.54. The van der Waals surface area contributed by atoms with Crippen LogP contribution in [0.15, 0.2) is 5.16 Å². The van der Waals surface area contributed by atoms with Gasteiger partial charge in [0.25, 0.3) is 0 Å². The Kier molecular flexibility index (Phi) is 3.31. The van der Waals surface area contributed by atoms with E-state index in [1.54, 1.807) is 0 Å². The van der Waals surface area contributed by atoms with Crippen molar-refractivity contribution >= 4 is 17.5 Å². The van der Waals surface area contributed by atoms with E-state index in [0.717, 1.165) is 17.9 Å². The average molecular weight is 169 g/mol. The third-order valence-electron chi connectivity index (χ3n) is 1.53. The Bertz CT molecular complexity index is 195. The number of oxime groups is 1. The number of terminal acetylenes is 1. The minimum Gasteiger partial charge on any atom is -0.383 e. The first-order valence-corrected chi connectivity index (χ1v) is 4.63. The summed E-state index contributed by atoms with van der Waals surface area (Å²) in [6.07, 6.45) is 6.04. The molecule has 11 heavy (non-hydrogen) atoms. The van der Waals surface area contributed by atoms with Crippen molar-refractivity contribution in [2.24, 2.45) is 5.16 Å². The predicted octanol–water partition coefficient (Wildman–Crippen LogP) is 1.52. The van der Waals surface area contributed by atoms with Crippen LogP contribution in [-0.2, 0) is 4.84 Å². The smallest absolute Gasteiger partial charge is 0.177 e. The third kappa shape index (κ3) is 2.47. The van der Waals surface area contributed by atoms with Gasteiger partial charge in [-0.05, 0) is 19.1 Å². The normalized spacial score (nSPS) is 26.9. The van der Waals surface area contributed by atoms with Crippen molar-refractivity contribution in [3.8, 4) is 12.3 Å². The molecule has 1 aliphatic heterocycles. The molecule has 0 aromatic heterocycles. The highest BCUT2D eigenvalue weighted by Crippen LogP contribution is 2.23. The molecule has 0 radical (unpaired) electrons. The van der Waals surface area contributed by atoms with Crippen LogP contribution in [0.1, 0.15) is 13.3 Å². The fourth-order valence-electron chi connectivity index (χ4n) is 0.912. The van der Waals surface area contributed by atoms with Gasteiger partial charge < -0.3 is 4.84 Å². The lowest BCUT2D eigenvalue weighted by atomic mass is 10.2.